The molecule has 2 aromatic heterocycles. The SMILES string of the molecule is Cc1cc(CNC(=O)CN2CCCCCCOc3ccccc3Oc3ncccc3C2)n[nH]1. The second-order valence-corrected chi connectivity index (χ2v) is 8.31. The quantitative estimate of drug-likeness (QED) is 0.626. The molecule has 0 unspecified atom stereocenters. The second-order valence-electron chi connectivity index (χ2n) is 8.31. The lowest BCUT2D eigenvalue weighted by atomic mass is 10.1. The van der Waals surface area contributed by atoms with E-state index in [1.54, 1.807) is 6.20 Å². The molecule has 0 saturated heterocycles. The minimum absolute atomic E-state index is 0.0260. The first-order chi connectivity index (χ1) is 16.2. The molecule has 2 N–H and O–H groups in total. The van der Waals surface area contributed by atoms with Crippen LogP contribution in [-0.4, -0.2) is 45.7 Å². The lowest BCUT2D eigenvalue weighted by Gasteiger charge is -2.23. The summed E-state index contributed by atoms with van der Waals surface area (Å²) in [6, 6.07) is 13.5. The number of amides is 1. The van der Waals surface area contributed by atoms with Crippen molar-refractivity contribution < 1.29 is 14.3 Å². The Bertz CT molecular complexity index is 1050. The Labute approximate surface area is 194 Å². The van der Waals surface area contributed by atoms with Crippen LogP contribution in [0.15, 0.2) is 48.7 Å². The van der Waals surface area contributed by atoms with Crippen molar-refractivity contribution in [3.05, 3.63) is 65.6 Å². The Morgan fingerprint density at radius 2 is 1.97 bits per heavy atom. The largest absolute Gasteiger partial charge is 0.490 e. The number of aromatic amines is 1. The number of aromatic nitrogens is 3. The second kappa shape index (κ2) is 11.5. The Balaban J connectivity index is 1.48. The number of fused-ring (bicyclic) bond motifs is 2. The van der Waals surface area contributed by atoms with Gasteiger partial charge in [0.25, 0.3) is 0 Å². The molecule has 1 amide bonds. The van der Waals surface area contributed by atoms with Crippen molar-refractivity contribution in [2.45, 2.75) is 45.7 Å². The average Bonchev–Trinajstić information content (AvgIpc) is 3.24. The molecule has 1 aromatic carbocycles. The zero-order valence-corrected chi connectivity index (χ0v) is 19.0. The van der Waals surface area contributed by atoms with Crippen LogP contribution < -0.4 is 14.8 Å². The molecule has 0 radical (unpaired) electrons. The third kappa shape index (κ3) is 6.79. The van der Waals surface area contributed by atoms with Gasteiger partial charge in [0.2, 0.25) is 11.8 Å². The summed E-state index contributed by atoms with van der Waals surface area (Å²) < 4.78 is 12.1. The number of aryl methyl sites for hydroxylation is 1. The Hall–Kier alpha value is -3.39. The normalized spacial score (nSPS) is 15.3. The van der Waals surface area contributed by atoms with Crippen LogP contribution in [0.5, 0.6) is 17.4 Å². The predicted octanol–water partition coefficient (Wildman–Crippen LogP) is 3.98. The van der Waals surface area contributed by atoms with E-state index in [1.807, 2.05) is 49.4 Å². The summed E-state index contributed by atoms with van der Waals surface area (Å²) >= 11 is 0. The zero-order valence-electron chi connectivity index (χ0n) is 19.0. The van der Waals surface area contributed by atoms with Crippen LogP contribution in [0.4, 0.5) is 0 Å². The third-order valence-corrected chi connectivity index (χ3v) is 5.52. The van der Waals surface area contributed by atoms with Gasteiger partial charge in [-0.3, -0.25) is 14.8 Å². The van der Waals surface area contributed by atoms with Gasteiger partial charge in [0.05, 0.1) is 25.4 Å². The third-order valence-electron chi connectivity index (χ3n) is 5.52. The molecule has 174 valence electrons. The van der Waals surface area contributed by atoms with Crippen LogP contribution in [-0.2, 0) is 17.9 Å². The smallest absolute Gasteiger partial charge is 0.234 e. The van der Waals surface area contributed by atoms with Crippen molar-refractivity contribution in [1.29, 1.82) is 0 Å². The molecule has 33 heavy (non-hydrogen) atoms. The minimum atomic E-state index is -0.0260. The fourth-order valence-electron chi connectivity index (χ4n) is 3.84. The minimum Gasteiger partial charge on any atom is -0.490 e. The van der Waals surface area contributed by atoms with Crippen molar-refractivity contribution in [2.75, 3.05) is 19.7 Å². The number of hydrogen-bond donors (Lipinski definition) is 2. The number of hydrogen-bond acceptors (Lipinski definition) is 6. The predicted molar refractivity (Wildman–Crippen MR) is 125 cm³/mol. The van der Waals surface area contributed by atoms with Crippen molar-refractivity contribution in [3.63, 3.8) is 0 Å². The number of carbonyl (C=O) groups is 1. The van der Waals surface area contributed by atoms with E-state index in [-0.39, 0.29) is 5.91 Å². The van der Waals surface area contributed by atoms with E-state index in [2.05, 4.69) is 25.4 Å². The summed E-state index contributed by atoms with van der Waals surface area (Å²) in [5.41, 5.74) is 2.73. The summed E-state index contributed by atoms with van der Waals surface area (Å²) in [5.74, 6) is 1.87. The van der Waals surface area contributed by atoms with Gasteiger partial charge in [-0.15, -0.1) is 0 Å². The van der Waals surface area contributed by atoms with Gasteiger partial charge < -0.3 is 14.8 Å². The van der Waals surface area contributed by atoms with E-state index in [9.17, 15) is 4.79 Å². The lowest BCUT2D eigenvalue weighted by molar-refractivity contribution is -0.122. The fraction of sp³-hybridized carbons (Fsp3) is 0.400. The maximum Gasteiger partial charge on any atom is 0.234 e. The first-order valence-electron chi connectivity index (χ1n) is 11.5. The van der Waals surface area contributed by atoms with E-state index < -0.39 is 0 Å². The maximum absolute atomic E-state index is 12.7. The molecule has 0 atom stereocenters. The van der Waals surface area contributed by atoms with Crippen molar-refractivity contribution in [2.24, 2.45) is 0 Å². The van der Waals surface area contributed by atoms with Gasteiger partial charge in [-0.05, 0) is 50.6 Å². The summed E-state index contributed by atoms with van der Waals surface area (Å²) in [6.07, 6.45) is 5.88. The number of ether oxygens (including phenoxy) is 2. The molecule has 0 bridgehead atoms. The molecule has 0 spiro atoms. The number of H-pyrrole nitrogens is 1. The van der Waals surface area contributed by atoms with Gasteiger partial charge in [0.1, 0.15) is 0 Å². The van der Waals surface area contributed by atoms with Crippen molar-refractivity contribution in [3.8, 4) is 17.4 Å². The summed E-state index contributed by atoms with van der Waals surface area (Å²) in [4.78, 5) is 19.3. The maximum atomic E-state index is 12.7. The number of carbonyl (C=O) groups excluding carboxylic acids is 1. The van der Waals surface area contributed by atoms with Crippen LogP contribution in [0.3, 0.4) is 0 Å². The first kappa shape index (κ1) is 22.8. The molecule has 1 aliphatic heterocycles. The van der Waals surface area contributed by atoms with E-state index >= 15 is 0 Å². The lowest BCUT2D eigenvalue weighted by Crippen LogP contribution is -2.37. The molecular formula is C25H31N5O3. The van der Waals surface area contributed by atoms with Crippen LogP contribution in [0.2, 0.25) is 0 Å². The highest BCUT2D eigenvalue weighted by Gasteiger charge is 2.17. The van der Waals surface area contributed by atoms with E-state index in [0.29, 0.717) is 37.9 Å². The Morgan fingerprint density at radius 1 is 1.12 bits per heavy atom. The average molecular weight is 450 g/mol. The first-order valence-corrected chi connectivity index (χ1v) is 11.5. The highest BCUT2D eigenvalue weighted by Crippen LogP contribution is 2.32. The van der Waals surface area contributed by atoms with Gasteiger partial charge in [0, 0.05) is 24.0 Å². The van der Waals surface area contributed by atoms with Crippen LogP contribution in [0, 0.1) is 6.92 Å². The fourth-order valence-corrected chi connectivity index (χ4v) is 3.84. The van der Waals surface area contributed by atoms with Crippen molar-refractivity contribution >= 4 is 5.91 Å². The summed E-state index contributed by atoms with van der Waals surface area (Å²) in [7, 11) is 0. The molecule has 0 saturated carbocycles. The molecule has 0 aliphatic carbocycles. The number of rotatable bonds is 4. The van der Waals surface area contributed by atoms with Gasteiger partial charge in [-0.25, -0.2) is 4.98 Å². The molecule has 3 heterocycles. The number of pyridine rings is 1. The Morgan fingerprint density at radius 3 is 2.82 bits per heavy atom. The number of para-hydroxylation sites is 2. The monoisotopic (exact) mass is 449 g/mol. The summed E-state index contributed by atoms with van der Waals surface area (Å²) in [5, 5.41) is 10.1. The van der Waals surface area contributed by atoms with E-state index in [4.69, 9.17) is 9.47 Å². The highest BCUT2D eigenvalue weighted by atomic mass is 16.5. The van der Waals surface area contributed by atoms with Gasteiger partial charge in [0.15, 0.2) is 11.5 Å². The molecule has 3 aromatic rings. The molecule has 8 heteroatoms. The molecule has 8 nitrogen and oxygen atoms in total. The van der Waals surface area contributed by atoms with Gasteiger partial charge >= 0.3 is 0 Å². The van der Waals surface area contributed by atoms with Crippen LogP contribution in [0.1, 0.15) is 42.6 Å². The topological polar surface area (TPSA) is 92.4 Å². The molecule has 1 aliphatic rings. The van der Waals surface area contributed by atoms with Gasteiger partial charge in [-0.2, -0.15) is 5.10 Å². The van der Waals surface area contributed by atoms with E-state index in [0.717, 1.165) is 54.9 Å². The zero-order chi connectivity index (χ0) is 22.9. The molecule has 4 rings (SSSR count). The highest BCUT2D eigenvalue weighted by molar-refractivity contribution is 5.78. The van der Waals surface area contributed by atoms with Crippen molar-refractivity contribution in [1.82, 2.24) is 25.4 Å². The van der Waals surface area contributed by atoms with Crippen LogP contribution >= 0.6 is 0 Å². The summed E-state index contributed by atoms with van der Waals surface area (Å²) in [6.45, 7) is 4.69. The Kier molecular flexibility index (Phi) is 7.92. The number of benzene rings is 1. The number of nitrogens with one attached hydrogen (secondary N) is 2. The van der Waals surface area contributed by atoms with Gasteiger partial charge in [-0.1, -0.05) is 31.0 Å². The number of nitrogens with zero attached hydrogens (tertiary/aromatic N) is 3. The molecule has 0 fully saturated rings. The molecular weight excluding hydrogens is 418 g/mol. The standard InChI is InChI=1S/C25H31N5O3/c1-19-15-21(29-28-19)16-27-24(31)18-30-13-6-2-3-7-14-32-22-10-4-5-11-23(22)33-25-20(17-30)9-8-12-26-25/h4-5,8-12,15H,2-3,6-7,13-14,16-18H2,1H3,(H,27,31)(H,28,29). The van der Waals surface area contributed by atoms with Crippen LogP contribution in [0.25, 0.3) is 0 Å². The van der Waals surface area contributed by atoms with E-state index in [1.165, 1.54) is 0 Å².